The molecule has 6 heteroatoms. The van der Waals surface area contributed by atoms with Crippen LogP contribution in [0.1, 0.15) is 60.2 Å². The lowest BCUT2D eigenvalue weighted by Gasteiger charge is -2.30. The molecule has 2 aliphatic rings. The normalized spacial score (nSPS) is 20.8. The summed E-state index contributed by atoms with van der Waals surface area (Å²) >= 11 is 0. The number of carbonyl (C=O) groups excluding carboxylic acids is 3. The predicted octanol–water partition coefficient (Wildman–Crippen LogP) is 4.23. The van der Waals surface area contributed by atoms with Crippen LogP contribution in [-0.4, -0.2) is 30.3 Å². The van der Waals surface area contributed by atoms with E-state index in [2.05, 4.69) is 10.6 Å². The van der Waals surface area contributed by atoms with Crippen molar-refractivity contribution >= 4 is 29.1 Å². The van der Waals surface area contributed by atoms with Crippen molar-refractivity contribution in [3.63, 3.8) is 0 Å². The van der Waals surface area contributed by atoms with Crippen LogP contribution in [0.4, 0.5) is 11.4 Å². The van der Waals surface area contributed by atoms with Crippen molar-refractivity contribution in [2.75, 3.05) is 16.8 Å². The second-order valence-electron chi connectivity index (χ2n) is 8.63. The highest BCUT2D eigenvalue weighted by atomic mass is 16.2. The Morgan fingerprint density at radius 1 is 1.06 bits per heavy atom. The maximum absolute atomic E-state index is 13.3. The molecule has 0 aromatic heterocycles. The molecule has 2 N–H and O–H groups in total. The largest absolute Gasteiger partial charge is 0.352 e. The summed E-state index contributed by atoms with van der Waals surface area (Å²) in [6, 6.07) is 13.8. The van der Waals surface area contributed by atoms with E-state index < -0.39 is 5.92 Å². The first kappa shape index (κ1) is 21.1. The Labute approximate surface area is 183 Å². The van der Waals surface area contributed by atoms with Gasteiger partial charge < -0.3 is 15.5 Å². The van der Waals surface area contributed by atoms with Crippen molar-refractivity contribution in [2.45, 2.75) is 45.6 Å². The number of hydrogen-bond donors (Lipinski definition) is 2. The summed E-state index contributed by atoms with van der Waals surface area (Å²) in [5.41, 5.74) is 2.11. The van der Waals surface area contributed by atoms with Gasteiger partial charge in [-0.15, -0.1) is 0 Å². The number of rotatable bonds is 5. The lowest BCUT2D eigenvalue weighted by Crippen LogP contribution is -2.43. The average Bonchev–Trinajstić information content (AvgIpc) is 2.84. The van der Waals surface area contributed by atoms with Gasteiger partial charge in [-0.1, -0.05) is 44.4 Å². The van der Waals surface area contributed by atoms with Gasteiger partial charge in [0.15, 0.2) is 0 Å². The molecule has 1 heterocycles. The van der Waals surface area contributed by atoms with Crippen LogP contribution in [0.5, 0.6) is 0 Å². The minimum atomic E-state index is -0.403. The summed E-state index contributed by atoms with van der Waals surface area (Å²) in [5.74, 6) is -0.176. The zero-order valence-electron chi connectivity index (χ0n) is 18.1. The highest BCUT2D eigenvalue weighted by Gasteiger charge is 2.35. The fourth-order valence-electron chi connectivity index (χ4n) is 4.18. The molecule has 0 radical (unpaired) electrons. The standard InChI is InChI=1S/C25H29N3O3/c1-16-17(2)28(25(31)19-9-4-3-5-10-19)22-12-11-20(15-21(22)27-23(16)29)24(30)26-14-13-18-7-6-8-18/h3-5,9-12,15-18H,6-8,13-14H2,1-2H3,(H,26,30)(H,27,29). The van der Waals surface area contributed by atoms with E-state index >= 15 is 0 Å². The molecular weight excluding hydrogens is 390 g/mol. The lowest BCUT2D eigenvalue weighted by atomic mass is 9.83. The Bertz CT molecular complexity index is 985. The van der Waals surface area contributed by atoms with Crippen molar-refractivity contribution in [3.8, 4) is 0 Å². The van der Waals surface area contributed by atoms with Gasteiger partial charge in [0.2, 0.25) is 5.91 Å². The molecule has 1 aliphatic heterocycles. The lowest BCUT2D eigenvalue weighted by molar-refractivity contribution is -0.119. The smallest absolute Gasteiger partial charge is 0.258 e. The van der Waals surface area contributed by atoms with Crippen molar-refractivity contribution < 1.29 is 14.4 Å². The second-order valence-corrected chi connectivity index (χ2v) is 8.63. The van der Waals surface area contributed by atoms with Gasteiger partial charge >= 0.3 is 0 Å². The van der Waals surface area contributed by atoms with E-state index in [1.165, 1.54) is 19.3 Å². The van der Waals surface area contributed by atoms with E-state index in [0.717, 1.165) is 12.3 Å². The second kappa shape index (κ2) is 8.92. The van der Waals surface area contributed by atoms with Crippen molar-refractivity contribution in [1.29, 1.82) is 0 Å². The van der Waals surface area contributed by atoms with Crippen molar-refractivity contribution in [3.05, 3.63) is 59.7 Å². The molecule has 2 aromatic carbocycles. The molecule has 6 nitrogen and oxygen atoms in total. The summed E-state index contributed by atoms with van der Waals surface area (Å²) in [4.78, 5) is 40.4. The van der Waals surface area contributed by atoms with Gasteiger partial charge in [-0.3, -0.25) is 14.4 Å². The van der Waals surface area contributed by atoms with Crippen LogP contribution >= 0.6 is 0 Å². The van der Waals surface area contributed by atoms with Gasteiger partial charge in [-0.05, 0) is 49.6 Å². The number of carbonyl (C=O) groups is 3. The highest BCUT2D eigenvalue weighted by Crippen LogP contribution is 2.35. The fourth-order valence-corrected chi connectivity index (χ4v) is 4.18. The summed E-state index contributed by atoms with van der Waals surface area (Å²) in [5, 5.41) is 5.89. The average molecular weight is 420 g/mol. The van der Waals surface area contributed by atoms with Gasteiger partial charge in [0.1, 0.15) is 0 Å². The Kier molecular flexibility index (Phi) is 6.07. The molecule has 1 fully saturated rings. The minimum absolute atomic E-state index is 0.164. The molecule has 1 saturated carbocycles. The quantitative estimate of drug-likeness (QED) is 0.761. The van der Waals surface area contributed by atoms with Crippen LogP contribution in [0.25, 0.3) is 0 Å². The zero-order chi connectivity index (χ0) is 22.0. The summed E-state index contributed by atoms with van der Waals surface area (Å²) in [7, 11) is 0. The number of nitrogens with zero attached hydrogens (tertiary/aromatic N) is 1. The molecule has 2 atom stereocenters. The number of hydrogen-bond acceptors (Lipinski definition) is 3. The van der Waals surface area contributed by atoms with Gasteiger partial charge in [0, 0.05) is 23.7 Å². The molecule has 0 spiro atoms. The van der Waals surface area contributed by atoms with Crippen LogP contribution in [-0.2, 0) is 4.79 Å². The number of amides is 3. The van der Waals surface area contributed by atoms with Gasteiger partial charge in [-0.25, -0.2) is 0 Å². The first-order valence-corrected chi connectivity index (χ1v) is 11.1. The van der Waals surface area contributed by atoms with Crippen LogP contribution < -0.4 is 15.5 Å². The minimum Gasteiger partial charge on any atom is -0.352 e. The van der Waals surface area contributed by atoms with Gasteiger partial charge in [-0.2, -0.15) is 0 Å². The zero-order valence-corrected chi connectivity index (χ0v) is 18.1. The van der Waals surface area contributed by atoms with Crippen LogP contribution in [0.2, 0.25) is 0 Å². The molecular formula is C25H29N3O3. The van der Waals surface area contributed by atoms with Gasteiger partial charge in [0.05, 0.1) is 17.3 Å². The summed E-state index contributed by atoms with van der Waals surface area (Å²) in [6.45, 7) is 4.34. The molecule has 162 valence electrons. The Hall–Kier alpha value is -3.15. The van der Waals surface area contributed by atoms with E-state index in [9.17, 15) is 14.4 Å². The summed E-state index contributed by atoms with van der Waals surface area (Å²) < 4.78 is 0. The monoisotopic (exact) mass is 419 g/mol. The van der Waals surface area contributed by atoms with E-state index in [1.807, 2.05) is 32.0 Å². The fraction of sp³-hybridized carbons (Fsp3) is 0.400. The Morgan fingerprint density at radius 3 is 2.48 bits per heavy atom. The van der Waals surface area contributed by atoms with Crippen LogP contribution in [0, 0.1) is 11.8 Å². The van der Waals surface area contributed by atoms with Crippen molar-refractivity contribution in [1.82, 2.24) is 5.32 Å². The van der Waals surface area contributed by atoms with E-state index in [-0.39, 0.29) is 23.8 Å². The topological polar surface area (TPSA) is 78.5 Å². The highest BCUT2D eigenvalue weighted by molar-refractivity contribution is 6.12. The molecule has 0 saturated heterocycles. The SMILES string of the molecule is CC1C(=O)Nc2cc(C(=O)NCCC3CCC3)ccc2N(C(=O)c2ccccc2)C1C. The molecule has 1 aliphatic carbocycles. The van der Waals surface area contributed by atoms with E-state index in [0.29, 0.717) is 29.0 Å². The maximum atomic E-state index is 13.3. The summed E-state index contributed by atoms with van der Waals surface area (Å²) in [6.07, 6.45) is 4.80. The molecule has 3 amide bonds. The Balaban J connectivity index is 1.61. The maximum Gasteiger partial charge on any atom is 0.258 e. The number of benzene rings is 2. The van der Waals surface area contributed by atoms with E-state index in [1.54, 1.807) is 35.2 Å². The predicted molar refractivity (Wildman–Crippen MR) is 121 cm³/mol. The number of nitrogens with one attached hydrogen (secondary N) is 2. The Morgan fingerprint density at radius 2 is 1.81 bits per heavy atom. The number of fused-ring (bicyclic) bond motifs is 1. The molecule has 2 aromatic rings. The third-order valence-corrected chi connectivity index (χ3v) is 6.62. The first-order chi connectivity index (χ1) is 15.0. The van der Waals surface area contributed by atoms with Crippen molar-refractivity contribution in [2.24, 2.45) is 11.8 Å². The molecule has 4 rings (SSSR count). The van der Waals surface area contributed by atoms with E-state index in [4.69, 9.17) is 0 Å². The van der Waals surface area contributed by atoms with Crippen LogP contribution in [0.15, 0.2) is 48.5 Å². The van der Waals surface area contributed by atoms with Gasteiger partial charge in [0.25, 0.3) is 11.8 Å². The van der Waals surface area contributed by atoms with Crippen LogP contribution in [0.3, 0.4) is 0 Å². The molecule has 31 heavy (non-hydrogen) atoms. The molecule has 2 unspecified atom stereocenters. The molecule has 0 bridgehead atoms. The number of anilines is 2. The third-order valence-electron chi connectivity index (χ3n) is 6.62. The first-order valence-electron chi connectivity index (χ1n) is 11.1. The third kappa shape index (κ3) is 4.33.